The third kappa shape index (κ3) is 8.90. The molecular formula is C29H25Cl2N3O6S4. The Bertz CT molecular complexity index is 2130. The summed E-state index contributed by atoms with van der Waals surface area (Å²) < 4.78 is 56.7. The van der Waals surface area contributed by atoms with Gasteiger partial charge in [0.25, 0.3) is 19.1 Å². The zero-order valence-electron chi connectivity index (χ0n) is 23.6. The normalized spacial score (nSPS) is 11.4. The van der Waals surface area contributed by atoms with E-state index in [0.717, 1.165) is 30.4 Å². The number of fused-ring (bicyclic) bond motifs is 2. The lowest BCUT2D eigenvalue weighted by Gasteiger charge is -2.10. The van der Waals surface area contributed by atoms with Gasteiger partial charge in [0.05, 0.1) is 58.6 Å². The predicted molar refractivity (Wildman–Crippen MR) is 177 cm³/mol. The minimum absolute atomic E-state index is 0.121. The lowest BCUT2D eigenvalue weighted by atomic mass is 10.1. The molecule has 0 amide bonds. The monoisotopic (exact) mass is 709 g/mol. The molecule has 0 aliphatic rings. The standard InChI is InChI=1S/C21H19ClN2O4S2.C8H6ClNO2S2/c1-14-23-19-11-9-17(13-20(19)29-14)30(26,27)24-18-10-8-16(22)12-15(18)6-4-3-5-7-21(25)28-2;1-5-10-7-3-2-6(14(9,11)12)4-8(7)13-5/h8-13,24H,3,5,7H2,1-2H3;2-4H,1H3. The van der Waals surface area contributed by atoms with Crippen LogP contribution in [0.1, 0.15) is 34.8 Å². The predicted octanol–water partition coefficient (Wildman–Crippen LogP) is 7.29. The van der Waals surface area contributed by atoms with Crippen molar-refractivity contribution >= 4 is 96.1 Å². The molecule has 3 aromatic carbocycles. The van der Waals surface area contributed by atoms with E-state index in [1.165, 1.54) is 41.9 Å². The lowest BCUT2D eigenvalue weighted by molar-refractivity contribution is -0.140. The van der Waals surface area contributed by atoms with Crippen molar-refractivity contribution in [3.63, 3.8) is 0 Å². The largest absolute Gasteiger partial charge is 0.469 e. The Kier molecular flexibility index (Phi) is 10.9. The van der Waals surface area contributed by atoms with Crippen LogP contribution in [0, 0.1) is 25.7 Å². The van der Waals surface area contributed by atoms with Gasteiger partial charge < -0.3 is 4.74 Å². The van der Waals surface area contributed by atoms with Crippen LogP contribution in [0.15, 0.2) is 64.4 Å². The summed E-state index contributed by atoms with van der Waals surface area (Å²) in [6, 6.07) is 14.3. The zero-order valence-corrected chi connectivity index (χ0v) is 28.3. The van der Waals surface area contributed by atoms with Crippen LogP contribution in [0.5, 0.6) is 0 Å². The van der Waals surface area contributed by atoms with Crippen LogP contribution >= 0.6 is 45.0 Å². The fourth-order valence-corrected chi connectivity index (χ4v) is 7.79. The van der Waals surface area contributed by atoms with Crippen molar-refractivity contribution in [2.24, 2.45) is 0 Å². The first-order valence-corrected chi connectivity index (χ1v) is 18.6. The van der Waals surface area contributed by atoms with E-state index in [0.29, 0.717) is 29.1 Å². The molecule has 5 rings (SSSR count). The number of esters is 1. The number of nitrogens with one attached hydrogen (secondary N) is 1. The first-order valence-electron chi connectivity index (χ1n) is 12.8. The van der Waals surface area contributed by atoms with Gasteiger partial charge in [-0.2, -0.15) is 0 Å². The highest BCUT2D eigenvalue weighted by atomic mass is 35.7. The average Bonchev–Trinajstić information content (AvgIpc) is 3.53. The molecule has 0 radical (unpaired) electrons. The smallest absolute Gasteiger partial charge is 0.305 e. The van der Waals surface area contributed by atoms with Crippen molar-refractivity contribution in [2.45, 2.75) is 42.9 Å². The van der Waals surface area contributed by atoms with Gasteiger partial charge >= 0.3 is 5.97 Å². The van der Waals surface area contributed by atoms with Gasteiger partial charge in [-0.25, -0.2) is 26.8 Å². The van der Waals surface area contributed by atoms with Gasteiger partial charge in [-0.05, 0) is 74.9 Å². The summed E-state index contributed by atoms with van der Waals surface area (Å²) in [6.45, 7) is 3.75. The molecule has 15 heteroatoms. The van der Waals surface area contributed by atoms with Crippen LogP contribution in [0.25, 0.3) is 20.4 Å². The molecule has 9 nitrogen and oxygen atoms in total. The molecule has 2 heterocycles. The van der Waals surface area contributed by atoms with Crippen molar-refractivity contribution in [2.75, 3.05) is 11.8 Å². The third-order valence-corrected chi connectivity index (χ3v) is 10.7. The second-order valence-corrected chi connectivity index (χ2v) is 16.3. The molecule has 0 unspecified atom stereocenters. The maximum Gasteiger partial charge on any atom is 0.305 e. The fourth-order valence-electron chi connectivity index (χ4n) is 3.85. The highest BCUT2D eigenvalue weighted by Gasteiger charge is 2.17. The maximum atomic E-state index is 12.9. The number of methoxy groups -OCH3 is 1. The van der Waals surface area contributed by atoms with Gasteiger partial charge in [-0.3, -0.25) is 9.52 Å². The number of halogens is 2. The molecule has 0 aliphatic carbocycles. The zero-order chi connectivity index (χ0) is 32.1. The van der Waals surface area contributed by atoms with E-state index in [1.807, 2.05) is 13.8 Å². The van der Waals surface area contributed by atoms with Crippen molar-refractivity contribution in [3.05, 3.63) is 75.2 Å². The second-order valence-electron chi connectivity index (χ2n) is 9.19. The number of benzene rings is 3. The molecule has 230 valence electrons. The highest BCUT2D eigenvalue weighted by molar-refractivity contribution is 8.13. The number of sulfonamides is 1. The number of carbonyl (C=O) groups excluding carboxylic acids is 1. The SMILES string of the molecule is COC(=O)CCCC#Cc1cc(Cl)ccc1NS(=O)(=O)c1ccc2nc(C)sc2c1.Cc1nc2ccc(S(=O)(=O)Cl)cc2s1. The number of unbranched alkanes of at least 4 members (excludes halogenated alkanes) is 1. The summed E-state index contributed by atoms with van der Waals surface area (Å²) in [6.07, 6.45) is 1.30. The Hall–Kier alpha value is -3.25. The number of hydrogen-bond donors (Lipinski definition) is 1. The molecule has 0 atom stereocenters. The molecule has 0 bridgehead atoms. The van der Waals surface area contributed by atoms with E-state index in [9.17, 15) is 21.6 Å². The molecule has 5 aromatic rings. The van der Waals surface area contributed by atoms with E-state index >= 15 is 0 Å². The van der Waals surface area contributed by atoms with Gasteiger partial charge in [-0.15, -0.1) is 22.7 Å². The molecule has 0 saturated carbocycles. The number of aryl methyl sites for hydroxylation is 2. The van der Waals surface area contributed by atoms with Crippen LogP contribution in [0.4, 0.5) is 5.69 Å². The highest BCUT2D eigenvalue weighted by Crippen LogP contribution is 2.28. The molecular weight excluding hydrogens is 686 g/mol. The van der Waals surface area contributed by atoms with Crippen LogP contribution in [-0.4, -0.2) is 39.9 Å². The minimum atomic E-state index is -3.82. The molecule has 1 N–H and O–H groups in total. The molecule has 0 aliphatic heterocycles. The summed E-state index contributed by atoms with van der Waals surface area (Å²) in [7, 11) is -0.896. The minimum Gasteiger partial charge on any atom is -0.469 e. The molecule has 0 spiro atoms. The Morgan fingerprint density at radius 2 is 1.50 bits per heavy atom. The number of carbonyl (C=O) groups is 1. The van der Waals surface area contributed by atoms with E-state index in [4.69, 9.17) is 22.3 Å². The average molecular weight is 711 g/mol. The number of rotatable bonds is 7. The second kappa shape index (κ2) is 14.2. The molecule has 44 heavy (non-hydrogen) atoms. The Morgan fingerprint density at radius 1 is 0.909 bits per heavy atom. The van der Waals surface area contributed by atoms with Crippen molar-refractivity contribution in [1.29, 1.82) is 0 Å². The summed E-state index contributed by atoms with van der Waals surface area (Å²) >= 11 is 8.95. The molecule has 0 fully saturated rings. The van der Waals surface area contributed by atoms with Crippen molar-refractivity contribution in [1.82, 2.24) is 9.97 Å². The fraction of sp³-hybridized carbons (Fsp3) is 0.207. The molecule has 0 saturated heterocycles. The van der Waals surface area contributed by atoms with Gasteiger partial charge in [0, 0.05) is 28.5 Å². The quantitative estimate of drug-likeness (QED) is 0.0807. The van der Waals surface area contributed by atoms with Crippen LogP contribution in [0.2, 0.25) is 5.02 Å². The molecule has 2 aromatic heterocycles. The number of hydrogen-bond acceptors (Lipinski definition) is 10. The van der Waals surface area contributed by atoms with E-state index in [-0.39, 0.29) is 22.2 Å². The van der Waals surface area contributed by atoms with Gasteiger partial charge in [-0.1, -0.05) is 23.4 Å². The summed E-state index contributed by atoms with van der Waals surface area (Å²) in [5.41, 5.74) is 2.36. The number of anilines is 1. The number of aromatic nitrogens is 2. The van der Waals surface area contributed by atoms with E-state index in [1.54, 1.807) is 42.5 Å². The Morgan fingerprint density at radius 3 is 2.09 bits per heavy atom. The number of nitrogens with zero attached hydrogens (tertiary/aromatic N) is 2. The topological polar surface area (TPSA) is 132 Å². The third-order valence-electron chi connectivity index (χ3n) is 5.88. The van der Waals surface area contributed by atoms with E-state index < -0.39 is 19.1 Å². The first-order chi connectivity index (χ1) is 20.7. The van der Waals surface area contributed by atoms with Crippen LogP contribution in [-0.2, 0) is 28.6 Å². The Labute approximate surface area is 272 Å². The summed E-state index contributed by atoms with van der Waals surface area (Å²) in [5.74, 6) is 5.58. The van der Waals surface area contributed by atoms with Crippen molar-refractivity contribution in [3.8, 4) is 11.8 Å². The van der Waals surface area contributed by atoms with Crippen LogP contribution in [0.3, 0.4) is 0 Å². The van der Waals surface area contributed by atoms with Gasteiger partial charge in [0.1, 0.15) is 0 Å². The van der Waals surface area contributed by atoms with Gasteiger partial charge in [0.15, 0.2) is 0 Å². The van der Waals surface area contributed by atoms with Crippen LogP contribution < -0.4 is 4.72 Å². The maximum absolute atomic E-state index is 12.9. The summed E-state index contributed by atoms with van der Waals surface area (Å²) in [5, 5.41) is 2.22. The van der Waals surface area contributed by atoms with Gasteiger partial charge in [0.2, 0.25) is 0 Å². The Balaban J connectivity index is 0.000000262. The van der Waals surface area contributed by atoms with E-state index in [2.05, 4.69) is 31.3 Å². The van der Waals surface area contributed by atoms with Crippen molar-refractivity contribution < 1.29 is 26.4 Å². The first kappa shape index (κ1) is 33.6. The number of ether oxygens (including phenoxy) is 1. The lowest BCUT2D eigenvalue weighted by Crippen LogP contribution is -2.13. The number of thiazole rings is 2. The summed E-state index contributed by atoms with van der Waals surface area (Å²) in [4.78, 5) is 20.0.